The van der Waals surface area contributed by atoms with E-state index in [0.29, 0.717) is 12.2 Å². The van der Waals surface area contributed by atoms with Gasteiger partial charge in [-0.05, 0) is 13.0 Å². The Hall–Kier alpha value is -1.49. The zero-order chi connectivity index (χ0) is 10.4. The van der Waals surface area contributed by atoms with Crippen molar-refractivity contribution in [2.45, 2.75) is 13.0 Å². The second kappa shape index (κ2) is 5.29. The minimum Gasteiger partial charge on any atom is -0.383 e. The van der Waals surface area contributed by atoms with Gasteiger partial charge in [0.2, 0.25) is 0 Å². The molecule has 5 heteroatoms. The van der Waals surface area contributed by atoms with E-state index in [4.69, 9.17) is 4.74 Å². The van der Waals surface area contributed by atoms with Gasteiger partial charge < -0.3 is 10.1 Å². The molecule has 1 heterocycles. The molecule has 0 aliphatic rings. The zero-order valence-corrected chi connectivity index (χ0v) is 8.23. The molecule has 0 fully saturated rings. The van der Waals surface area contributed by atoms with Crippen LogP contribution in [-0.4, -0.2) is 35.9 Å². The molecule has 0 unspecified atom stereocenters. The fourth-order valence-corrected chi connectivity index (χ4v) is 1.02. The van der Waals surface area contributed by atoms with Gasteiger partial charge in [-0.1, -0.05) is 0 Å². The van der Waals surface area contributed by atoms with Crippen LogP contribution in [0.5, 0.6) is 0 Å². The van der Waals surface area contributed by atoms with Crippen LogP contribution in [0.25, 0.3) is 0 Å². The summed E-state index contributed by atoms with van der Waals surface area (Å²) < 4.78 is 4.90. The average Bonchev–Trinajstić information content (AvgIpc) is 2.19. The molecule has 1 amide bonds. The summed E-state index contributed by atoms with van der Waals surface area (Å²) in [5.74, 6) is -0.163. The topological polar surface area (TPSA) is 64.1 Å². The number of amides is 1. The van der Waals surface area contributed by atoms with E-state index in [2.05, 4.69) is 15.5 Å². The molecule has 1 atom stereocenters. The number of nitrogens with one attached hydrogen (secondary N) is 1. The molecular weight excluding hydrogens is 182 g/mol. The summed E-state index contributed by atoms with van der Waals surface area (Å²) in [7, 11) is 1.59. The van der Waals surface area contributed by atoms with E-state index in [1.165, 1.54) is 12.4 Å². The highest BCUT2D eigenvalue weighted by atomic mass is 16.5. The summed E-state index contributed by atoms with van der Waals surface area (Å²) in [6.07, 6.45) is 2.91. The highest BCUT2D eigenvalue weighted by molar-refractivity contribution is 5.93. The molecule has 0 spiro atoms. The van der Waals surface area contributed by atoms with Crippen molar-refractivity contribution in [3.8, 4) is 0 Å². The van der Waals surface area contributed by atoms with Gasteiger partial charge >= 0.3 is 0 Å². The normalized spacial score (nSPS) is 12.1. The number of hydrogen-bond donors (Lipinski definition) is 1. The second-order valence-electron chi connectivity index (χ2n) is 2.96. The Morgan fingerprint density at radius 2 is 2.43 bits per heavy atom. The number of carbonyl (C=O) groups is 1. The van der Waals surface area contributed by atoms with Crippen molar-refractivity contribution < 1.29 is 9.53 Å². The molecule has 0 aliphatic carbocycles. The van der Waals surface area contributed by atoms with Gasteiger partial charge in [-0.25, -0.2) is 0 Å². The standard InChI is InChI=1S/C9H13N3O2/c1-7(6-14-2)12-9(13)8-3-4-10-11-5-8/h3-5,7H,6H2,1-2H3,(H,12,13)/t7-/m0/s1. The maximum absolute atomic E-state index is 11.5. The fraction of sp³-hybridized carbons (Fsp3) is 0.444. The van der Waals surface area contributed by atoms with Gasteiger partial charge in [-0.3, -0.25) is 4.79 Å². The largest absolute Gasteiger partial charge is 0.383 e. The first-order chi connectivity index (χ1) is 6.74. The first-order valence-electron chi connectivity index (χ1n) is 4.30. The SMILES string of the molecule is COC[C@H](C)NC(=O)c1ccnnc1. The number of hydrogen-bond acceptors (Lipinski definition) is 4. The lowest BCUT2D eigenvalue weighted by Crippen LogP contribution is -2.35. The van der Waals surface area contributed by atoms with Gasteiger partial charge in [0.1, 0.15) is 0 Å². The van der Waals surface area contributed by atoms with Crippen LogP contribution in [-0.2, 0) is 4.74 Å². The number of ether oxygens (including phenoxy) is 1. The molecule has 0 saturated heterocycles. The monoisotopic (exact) mass is 195 g/mol. The average molecular weight is 195 g/mol. The molecule has 0 radical (unpaired) electrons. The lowest BCUT2D eigenvalue weighted by Gasteiger charge is -2.11. The van der Waals surface area contributed by atoms with Crippen molar-refractivity contribution >= 4 is 5.91 Å². The van der Waals surface area contributed by atoms with E-state index >= 15 is 0 Å². The van der Waals surface area contributed by atoms with Crippen LogP contribution in [0.4, 0.5) is 0 Å². The van der Waals surface area contributed by atoms with E-state index in [9.17, 15) is 4.79 Å². The van der Waals surface area contributed by atoms with Crippen LogP contribution in [0.3, 0.4) is 0 Å². The van der Waals surface area contributed by atoms with Gasteiger partial charge in [0.15, 0.2) is 0 Å². The van der Waals surface area contributed by atoms with E-state index in [1.807, 2.05) is 6.92 Å². The van der Waals surface area contributed by atoms with Crippen molar-refractivity contribution in [2.24, 2.45) is 0 Å². The quantitative estimate of drug-likeness (QED) is 0.747. The van der Waals surface area contributed by atoms with E-state index in [0.717, 1.165) is 0 Å². The Morgan fingerprint density at radius 3 is 3.00 bits per heavy atom. The fourth-order valence-electron chi connectivity index (χ4n) is 1.02. The molecule has 1 rings (SSSR count). The summed E-state index contributed by atoms with van der Waals surface area (Å²) in [5, 5.41) is 9.97. The van der Waals surface area contributed by atoms with Crippen molar-refractivity contribution in [3.05, 3.63) is 24.0 Å². The van der Waals surface area contributed by atoms with Crippen LogP contribution in [0.1, 0.15) is 17.3 Å². The van der Waals surface area contributed by atoms with Crippen molar-refractivity contribution in [3.63, 3.8) is 0 Å². The Kier molecular flexibility index (Phi) is 4.00. The van der Waals surface area contributed by atoms with Crippen LogP contribution >= 0.6 is 0 Å². The van der Waals surface area contributed by atoms with Gasteiger partial charge in [-0.2, -0.15) is 10.2 Å². The molecule has 0 bridgehead atoms. The Bertz CT molecular complexity index is 289. The number of nitrogens with zero attached hydrogens (tertiary/aromatic N) is 2. The van der Waals surface area contributed by atoms with E-state index in [-0.39, 0.29) is 11.9 Å². The third-order valence-corrected chi connectivity index (χ3v) is 1.64. The third kappa shape index (κ3) is 3.10. The Morgan fingerprint density at radius 1 is 1.64 bits per heavy atom. The van der Waals surface area contributed by atoms with Crippen molar-refractivity contribution in [1.82, 2.24) is 15.5 Å². The van der Waals surface area contributed by atoms with Gasteiger partial charge in [-0.15, -0.1) is 0 Å². The number of carbonyl (C=O) groups excluding carboxylic acids is 1. The summed E-state index contributed by atoms with van der Waals surface area (Å²) in [6.45, 7) is 2.36. The minimum absolute atomic E-state index is 0.0133. The number of aromatic nitrogens is 2. The molecule has 1 aromatic heterocycles. The third-order valence-electron chi connectivity index (χ3n) is 1.64. The number of rotatable bonds is 4. The van der Waals surface area contributed by atoms with Crippen LogP contribution in [0.2, 0.25) is 0 Å². The van der Waals surface area contributed by atoms with Crippen LogP contribution in [0, 0.1) is 0 Å². The lowest BCUT2D eigenvalue weighted by molar-refractivity contribution is 0.0905. The van der Waals surface area contributed by atoms with Gasteiger partial charge in [0.25, 0.3) is 5.91 Å². The predicted molar refractivity (Wildman–Crippen MR) is 50.8 cm³/mol. The van der Waals surface area contributed by atoms with Crippen LogP contribution in [0.15, 0.2) is 18.5 Å². The van der Waals surface area contributed by atoms with Crippen LogP contribution < -0.4 is 5.32 Å². The number of methoxy groups -OCH3 is 1. The minimum atomic E-state index is -0.163. The van der Waals surface area contributed by atoms with Crippen molar-refractivity contribution in [2.75, 3.05) is 13.7 Å². The first kappa shape index (κ1) is 10.6. The van der Waals surface area contributed by atoms with E-state index in [1.54, 1.807) is 13.2 Å². The van der Waals surface area contributed by atoms with Gasteiger partial charge in [0, 0.05) is 13.2 Å². The molecular formula is C9H13N3O2. The molecule has 0 aliphatic heterocycles. The lowest BCUT2D eigenvalue weighted by atomic mass is 10.2. The smallest absolute Gasteiger partial charge is 0.253 e. The molecule has 76 valence electrons. The van der Waals surface area contributed by atoms with Crippen molar-refractivity contribution in [1.29, 1.82) is 0 Å². The maximum atomic E-state index is 11.5. The molecule has 0 saturated carbocycles. The Labute approximate surface area is 82.5 Å². The molecule has 5 nitrogen and oxygen atoms in total. The summed E-state index contributed by atoms with van der Waals surface area (Å²) in [6, 6.07) is 1.60. The predicted octanol–water partition coefficient (Wildman–Crippen LogP) is 0.241. The first-order valence-corrected chi connectivity index (χ1v) is 4.30. The molecule has 0 aromatic carbocycles. The highest BCUT2D eigenvalue weighted by Gasteiger charge is 2.08. The molecule has 1 aromatic rings. The highest BCUT2D eigenvalue weighted by Crippen LogP contribution is 1.94. The summed E-state index contributed by atoms with van der Waals surface area (Å²) in [5.41, 5.74) is 0.503. The summed E-state index contributed by atoms with van der Waals surface area (Å²) >= 11 is 0. The van der Waals surface area contributed by atoms with Gasteiger partial charge in [0.05, 0.1) is 24.6 Å². The zero-order valence-electron chi connectivity index (χ0n) is 8.23. The molecule has 14 heavy (non-hydrogen) atoms. The Balaban J connectivity index is 2.51. The second-order valence-corrected chi connectivity index (χ2v) is 2.96. The maximum Gasteiger partial charge on any atom is 0.253 e. The summed E-state index contributed by atoms with van der Waals surface area (Å²) in [4.78, 5) is 11.5. The van der Waals surface area contributed by atoms with E-state index < -0.39 is 0 Å². The molecule has 1 N–H and O–H groups in total.